The van der Waals surface area contributed by atoms with Gasteiger partial charge < -0.3 is 10.5 Å². The second-order valence-corrected chi connectivity index (χ2v) is 5.99. The SMILES string of the molecule is CCCOc1ccc(CN2CCCC(C(C)N)C2)cc1. The summed E-state index contributed by atoms with van der Waals surface area (Å²) in [4.78, 5) is 2.53. The number of rotatable bonds is 6. The molecular weight excluding hydrogens is 248 g/mol. The molecule has 2 N–H and O–H groups in total. The fourth-order valence-electron chi connectivity index (χ4n) is 2.83. The molecule has 1 aromatic carbocycles. The van der Waals surface area contributed by atoms with E-state index in [9.17, 15) is 0 Å². The van der Waals surface area contributed by atoms with Gasteiger partial charge in [0.1, 0.15) is 5.75 Å². The summed E-state index contributed by atoms with van der Waals surface area (Å²) in [5.74, 6) is 1.62. The van der Waals surface area contributed by atoms with Crippen molar-refractivity contribution in [1.82, 2.24) is 4.90 Å². The second-order valence-electron chi connectivity index (χ2n) is 5.99. The highest BCUT2D eigenvalue weighted by atomic mass is 16.5. The van der Waals surface area contributed by atoms with Gasteiger partial charge in [-0.3, -0.25) is 4.90 Å². The van der Waals surface area contributed by atoms with Crippen molar-refractivity contribution in [3.05, 3.63) is 29.8 Å². The van der Waals surface area contributed by atoms with Crippen LogP contribution in [-0.4, -0.2) is 30.6 Å². The van der Waals surface area contributed by atoms with Gasteiger partial charge in [0, 0.05) is 19.1 Å². The molecular formula is C17H28N2O. The Balaban J connectivity index is 1.86. The molecule has 0 saturated carbocycles. The standard InChI is InChI=1S/C17H28N2O/c1-3-11-20-17-8-6-15(7-9-17)12-19-10-4-5-16(13-19)14(2)18/h6-9,14,16H,3-5,10-13,18H2,1-2H3. The third-order valence-electron chi connectivity index (χ3n) is 4.09. The Labute approximate surface area is 123 Å². The van der Waals surface area contributed by atoms with Crippen molar-refractivity contribution in [3.63, 3.8) is 0 Å². The number of hydrogen-bond acceptors (Lipinski definition) is 3. The molecule has 20 heavy (non-hydrogen) atoms. The minimum Gasteiger partial charge on any atom is -0.494 e. The molecule has 0 spiro atoms. The molecule has 3 heteroatoms. The van der Waals surface area contributed by atoms with E-state index in [1.807, 2.05) is 0 Å². The van der Waals surface area contributed by atoms with Gasteiger partial charge in [0.15, 0.2) is 0 Å². The monoisotopic (exact) mass is 276 g/mol. The zero-order valence-electron chi connectivity index (χ0n) is 12.8. The molecule has 112 valence electrons. The van der Waals surface area contributed by atoms with Gasteiger partial charge >= 0.3 is 0 Å². The van der Waals surface area contributed by atoms with Gasteiger partial charge in [0.2, 0.25) is 0 Å². The van der Waals surface area contributed by atoms with Crippen LogP contribution in [0.4, 0.5) is 0 Å². The van der Waals surface area contributed by atoms with Gasteiger partial charge in [-0.1, -0.05) is 19.1 Å². The molecule has 1 fully saturated rings. The summed E-state index contributed by atoms with van der Waals surface area (Å²) in [5.41, 5.74) is 7.41. The summed E-state index contributed by atoms with van der Waals surface area (Å²) >= 11 is 0. The van der Waals surface area contributed by atoms with Crippen molar-refractivity contribution in [2.75, 3.05) is 19.7 Å². The van der Waals surface area contributed by atoms with E-state index in [-0.39, 0.29) is 0 Å². The van der Waals surface area contributed by atoms with Gasteiger partial charge in [0.25, 0.3) is 0 Å². The minimum atomic E-state index is 0.308. The van der Waals surface area contributed by atoms with E-state index >= 15 is 0 Å². The van der Waals surface area contributed by atoms with Crippen molar-refractivity contribution >= 4 is 0 Å². The zero-order chi connectivity index (χ0) is 14.4. The van der Waals surface area contributed by atoms with E-state index in [0.29, 0.717) is 12.0 Å². The van der Waals surface area contributed by atoms with Crippen LogP contribution in [0.3, 0.4) is 0 Å². The Morgan fingerprint density at radius 2 is 2.10 bits per heavy atom. The first-order valence-electron chi connectivity index (χ1n) is 7.88. The quantitative estimate of drug-likeness (QED) is 0.868. The summed E-state index contributed by atoms with van der Waals surface area (Å²) in [6.45, 7) is 8.40. The van der Waals surface area contributed by atoms with Crippen LogP contribution >= 0.6 is 0 Å². The normalized spacial score (nSPS) is 21.6. The van der Waals surface area contributed by atoms with E-state index in [4.69, 9.17) is 10.5 Å². The van der Waals surface area contributed by atoms with E-state index in [0.717, 1.165) is 31.9 Å². The van der Waals surface area contributed by atoms with Crippen LogP contribution in [0, 0.1) is 5.92 Å². The highest BCUT2D eigenvalue weighted by Crippen LogP contribution is 2.21. The number of likely N-dealkylation sites (tertiary alicyclic amines) is 1. The van der Waals surface area contributed by atoms with Crippen LogP contribution in [-0.2, 0) is 6.54 Å². The van der Waals surface area contributed by atoms with E-state index in [1.54, 1.807) is 0 Å². The lowest BCUT2D eigenvalue weighted by atomic mass is 9.92. The van der Waals surface area contributed by atoms with Crippen molar-refractivity contribution in [3.8, 4) is 5.75 Å². The van der Waals surface area contributed by atoms with Gasteiger partial charge in [0.05, 0.1) is 6.61 Å². The number of piperidine rings is 1. The molecule has 1 aromatic rings. The number of nitrogens with zero attached hydrogens (tertiary/aromatic N) is 1. The van der Waals surface area contributed by atoms with Crippen LogP contribution < -0.4 is 10.5 Å². The van der Waals surface area contributed by atoms with Crippen LogP contribution in [0.15, 0.2) is 24.3 Å². The zero-order valence-corrected chi connectivity index (χ0v) is 12.8. The van der Waals surface area contributed by atoms with Gasteiger partial charge in [-0.2, -0.15) is 0 Å². The molecule has 3 nitrogen and oxygen atoms in total. The van der Waals surface area contributed by atoms with Crippen molar-refractivity contribution in [2.24, 2.45) is 11.7 Å². The summed E-state index contributed by atoms with van der Waals surface area (Å²) in [6.07, 6.45) is 3.59. The smallest absolute Gasteiger partial charge is 0.119 e. The third-order valence-corrected chi connectivity index (χ3v) is 4.09. The molecule has 0 aliphatic carbocycles. The molecule has 1 aliphatic heterocycles. The van der Waals surface area contributed by atoms with E-state index in [1.165, 1.54) is 24.9 Å². The first-order chi connectivity index (χ1) is 9.69. The van der Waals surface area contributed by atoms with Crippen LogP contribution in [0.25, 0.3) is 0 Å². The van der Waals surface area contributed by atoms with E-state index < -0.39 is 0 Å². The first kappa shape index (κ1) is 15.3. The predicted octanol–water partition coefficient (Wildman–Crippen LogP) is 3.03. The van der Waals surface area contributed by atoms with Gasteiger partial charge in [-0.05, 0) is 56.3 Å². The summed E-state index contributed by atoms with van der Waals surface area (Å²) in [6, 6.07) is 8.83. The lowest BCUT2D eigenvalue weighted by Gasteiger charge is -2.34. The van der Waals surface area contributed by atoms with Gasteiger partial charge in [-0.25, -0.2) is 0 Å². The second kappa shape index (κ2) is 7.65. The Hall–Kier alpha value is -1.06. The maximum absolute atomic E-state index is 6.05. The molecule has 1 aliphatic rings. The summed E-state index contributed by atoms with van der Waals surface area (Å²) < 4.78 is 5.62. The Morgan fingerprint density at radius 3 is 2.75 bits per heavy atom. The molecule has 1 heterocycles. The maximum Gasteiger partial charge on any atom is 0.119 e. The molecule has 1 saturated heterocycles. The molecule has 2 atom stereocenters. The maximum atomic E-state index is 6.05. The average molecular weight is 276 g/mol. The summed E-state index contributed by atoms with van der Waals surface area (Å²) in [7, 11) is 0. The van der Waals surface area contributed by atoms with Crippen LogP contribution in [0.5, 0.6) is 5.75 Å². The fourth-order valence-corrected chi connectivity index (χ4v) is 2.83. The lowest BCUT2D eigenvalue weighted by Crippen LogP contribution is -2.41. The number of benzene rings is 1. The molecule has 0 aromatic heterocycles. The van der Waals surface area contributed by atoms with Crippen molar-refractivity contribution in [1.29, 1.82) is 0 Å². The Kier molecular flexibility index (Phi) is 5.86. The molecule has 2 unspecified atom stereocenters. The Bertz CT molecular complexity index is 388. The highest BCUT2D eigenvalue weighted by molar-refractivity contribution is 5.27. The first-order valence-corrected chi connectivity index (χ1v) is 7.88. The highest BCUT2D eigenvalue weighted by Gasteiger charge is 2.22. The summed E-state index contributed by atoms with van der Waals surface area (Å²) in [5, 5.41) is 0. The predicted molar refractivity (Wildman–Crippen MR) is 83.9 cm³/mol. The lowest BCUT2D eigenvalue weighted by molar-refractivity contribution is 0.154. The molecule has 0 bridgehead atoms. The third kappa shape index (κ3) is 4.50. The molecule has 0 radical (unpaired) electrons. The largest absolute Gasteiger partial charge is 0.494 e. The number of hydrogen-bond donors (Lipinski definition) is 1. The average Bonchev–Trinajstić information content (AvgIpc) is 2.47. The Morgan fingerprint density at radius 1 is 1.35 bits per heavy atom. The minimum absolute atomic E-state index is 0.308. The molecule has 2 rings (SSSR count). The van der Waals surface area contributed by atoms with E-state index in [2.05, 4.69) is 43.0 Å². The topological polar surface area (TPSA) is 38.5 Å². The van der Waals surface area contributed by atoms with Crippen LogP contribution in [0.1, 0.15) is 38.7 Å². The fraction of sp³-hybridized carbons (Fsp3) is 0.647. The van der Waals surface area contributed by atoms with Crippen molar-refractivity contribution in [2.45, 2.75) is 45.7 Å². The van der Waals surface area contributed by atoms with Gasteiger partial charge in [-0.15, -0.1) is 0 Å². The van der Waals surface area contributed by atoms with Crippen LogP contribution in [0.2, 0.25) is 0 Å². The number of ether oxygens (including phenoxy) is 1. The number of nitrogens with two attached hydrogens (primary N) is 1. The van der Waals surface area contributed by atoms with Crippen molar-refractivity contribution < 1.29 is 4.74 Å². The molecule has 0 amide bonds.